The van der Waals surface area contributed by atoms with Crippen molar-refractivity contribution in [2.45, 2.75) is 19.8 Å². The fourth-order valence-corrected chi connectivity index (χ4v) is 3.79. The maximum absolute atomic E-state index is 12.5. The first-order valence-electron chi connectivity index (χ1n) is 9.26. The standard InChI is InChI=1S/C24H19Br2NO2/c1-2-29-24(28)22(15-27)23-18(13-16-3-9-20(25)10-4-16)7-8-19(23)14-17-5-11-21(26)12-6-17/h3-6,9-14H,2,7-8H2,1H3/b18-13+,19-14+. The molecule has 0 saturated heterocycles. The monoisotopic (exact) mass is 511 g/mol. The summed E-state index contributed by atoms with van der Waals surface area (Å²) in [4.78, 5) is 12.5. The number of benzene rings is 2. The Labute approximate surface area is 187 Å². The van der Waals surface area contributed by atoms with Gasteiger partial charge in [-0.25, -0.2) is 4.79 Å². The number of halogens is 2. The van der Waals surface area contributed by atoms with Crippen LogP contribution >= 0.6 is 31.9 Å². The van der Waals surface area contributed by atoms with E-state index in [1.165, 1.54) is 0 Å². The highest BCUT2D eigenvalue weighted by atomic mass is 79.9. The molecule has 1 aliphatic rings. The van der Waals surface area contributed by atoms with Crippen LogP contribution in [-0.2, 0) is 9.53 Å². The highest BCUT2D eigenvalue weighted by molar-refractivity contribution is 9.10. The third-order valence-electron chi connectivity index (χ3n) is 4.57. The number of nitriles is 1. The molecule has 0 aromatic heterocycles. The predicted molar refractivity (Wildman–Crippen MR) is 123 cm³/mol. The highest BCUT2D eigenvalue weighted by Crippen LogP contribution is 2.40. The molecular weight excluding hydrogens is 494 g/mol. The summed E-state index contributed by atoms with van der Waals surface area (Å²) in [7, 11) is 0. The topological polar surface area (TPSA) is 50.1 Å². The third-order valence-corrected chi connectivity index (χ3v) is 5.63. The zero-order valence-corrected chi connectivity index (χ0v) is 19.1. The molecule has 0 unspecified atom stereocenters. The van der Waals surface area contributed by atoms with Crippen molar-refractivity contribution in [3.05, 3.63) is 90.9 Å². The van der Waals surface area contributed by atoms with Crippen LogP contribution in [0.25, 0.3) is 12.2 Å². The number of esters is 1. The van der Waals surface area contributed by atoms with Crippen LogP contribution in [0.2, 0.25) is 0 Å². The van der Waals surface area contributed by atoms with Crippen molar-refractivity contribution in [1.29, 1.82) is 5.26 Å². The van der Waals surface area contributed by atoms with Crippen LogP contribution in [-0.4, -0.2) is 12.6 Å². The van der Waals surface area contributed by atoms with E-state index in [4.69, 9.17) is 4.74 Å². The largest absolute Gasteiger partial charge is 0.462 e. The summed E-state index contributed by atoms with van der Waals surface area (Å²) < 4.78 is 7.15. The van der Waals surface area contributed by atoms with Crippen LogP contribution in [0.15, 0.2) is 79.8 Å². The van der Waals surface area contributed by atoms with E-state index in [1.807, 2.05) is 60.7 Å². The van der Waals surface area contributed by atoms with Crippen molar-refractivity contribution in [3.8, 4) is 6.07 Å². The van der Waals surface area contributed by atoms with Crippen LogP contribution in [0.4, 0.5) is 0 Å². The van der Waals surface area contributed by atoms with Crippen molar-refractivity contribution in [2.24, 2.45) is 0 Å². The van der Waals surface area contributed by atoms with E-state index in [9.17, 15) is 10.1 Å². The molecule has 0 N–H and O–H groups in total. The summed E-state index contributed by atoms with van der Waals surface area (Å²) in [5.74, 6) is -0.574. The first-order valence-corrected chi connectivity index (χ1v) is 10.8. The van der Waals surface area contributed by atoms with Gasteiger partial charge < -0.3 is 4.74 Å². The maximum Gasteiger partial charge on any atom is 0.349 e. The Morgan fingerprint density at radius 2 is 1.41 bits per heavy atom. The van der Waals surface area contributed by atoms with Crippen molar-refractivity contribution in [1.82, 2.24) is 0 Å². The Bertz CT molecular complexity index is 974. The number of carbonyl (C=O) groups is 1. The predicted octanol–water partition coefficient (Wildman–Crippen LogP) is 6.86. The van der Waals surface area contributed by atoms with Gasteiger partial charge in [-0.2, -0.15) is 5.26 Å². The summed E-state index contributed by atoms with van der Waals surface area (Å²) >= 11 is 6.89. The van der Waals surface area contributed by atoms with Crippen LogP contribution in [0.1, 0.15) is 30.9 Å². The molecule has 0 bridgehead atoms. The smallest absolute Gasteiger partial charge is 0.349 e. The molecule has 0 amide bonds. The molecule has 146 valence electrons. The molecule has 0 aliphatic heterocycles. The van der Waals surface area contributed by atoms with Crippen molar-refractivity contribution in [3.63, 3.8) is 0 Å². The van der Waals surface area contributed by atoms with Gasteiger partial charge in [0.25, 0.3) is 0 Å². The fraction of sp³-hybridized carbons (Fsp3) is 0.167. The second-order valence-corrected chi connectivity index (χ2v) is 8.36. The van der Waals surface area contributed by atoms with Crippen LogP contribution in [0.5, 0.6) is 0 Å². The van der Waals surface area contributed by atoms with Gasteiger partial charge in [-0.15, -0.1) is 0 Å². The lowest BCUT2D eigenvalue weighted by molar-refractivity contribution is -0.138. The molecule has 5 heteroatoms. The van der Waals surface area contributed by atoms with Gasteiger partial charge in [-0.1, -0.05) is 68.3 Å². The zero-order valence-electron chi connectivity index (χ0n) is 15.9. The Hall–Kier alpha value is -2.42. The van der Waals surface area contributed by atoms with Gasteiger partial charge in [-0.05, 0) is 66.3 Å². The fourth-order valence-electron chi connectivity index (χ4n) is 3.26. The number of carbonyl (C=O) groups excluding carboxylic acids is 1. The molecule has 2 aromatic rings. The summed E-state index contributed by atoms with van der Waals surface area (Å²) in [5.41, 5.74) is 4.74. The second kappa shape index (κ2) is 9.87. The molecule has 0 heterocycles. The SMILES string of the molecule is CCOC(=O)C(C#N)=C1/C(=C/c2ccc(Br)cc2)CC/C1=C\c1ccc(Br)cc1. The van der Waals surface area contributed by atoms with Gasteiger partial charge in [0.1, 0.15) is 11.6 Å². The minimum atomic E-state index is -0.574. The number of rotatable bonds is 4. The van der Waals surface area contributed by atoms with E-state index in [0.29, 0.717) is 5.57 Å². The van der Waals surface area contributed by atoms with Gasteiger partial charge in [0, 0.05) is 14.5 Å². The van der Waals surface area contributed by atoms with Gasteiger partial charge in [0.2, 0.25) is 0 Å². The average Bonchev–Trinajstić information content (AvgIpc) is 3.08. The van der Waals surface area contributed by atoms with E-state index in [2.05, 4.69) is 37.9 Å². The third kappa shape index (κ3) is 5.35. The number of ether oxygens (including phenoxy) is 1. The normalized spacial score (nSPS) is 16.1. The van der Waals surface area contributed by atoms with E-state index < -0.39 is 5.97 Å². The first kappa shape index (κ1) is 21.3. The maximum atomic E-state index is 12.5. The van der Waals surface area contributed by atoms with Gasteiger partial charge in [0.05, 0.1) is 6.61 Å². The molecule has 1 aliphatic carbocycles. The van der Waals surface area contributed by atoms with Crippen molar-refractivity contribution < 1.29 is 9.53 Å². The second-order valence-electron chi connectivity index (χ2n) is 6.52. The van der Waals surface area contributed by atoms with Crippen molar-refractivity contribution in [2.75, 3.05) is 6.61 Å². The number of allylic oxidation sites excluding steroid dienone is 3. The van der Waals surface area contributed by atoms with E-state index in [0.717, 1.165) is 44.1 Å². The molecule has 0 radical (unpaired) electrons. The van der Waals surface area contributed by atoms with Crippen LogP contribution in [0, 0.1) is 11.3 Å². The van der Waals surface area contributed by atoms with Crippen LogP contribution in [0.3, 0.4) is 0 Å². The number of hydrogen-bond acceptors (Lipinski definition) is 3. The number of hydrogen-bond donors (Lipinski definition) is 0. The van der Waals surface area contributed by atoms with Crippen molar-refractivity contribution >= 4 is 50.0 Å². The molecular formula is C24H19Br2NO2. The lowest BCUT2D eigenvalue weighted by Gasteiger charge is -2.09. The lowest BCUT2D eigenvalue weighted by atomic mass is 9.97. The van der Waals surface area contributed by atoms with Gasteiger partial charge in [-0.3, -0.25) is 0 Å². The zero-order chi connectivity index (χ0) is 20.8. The Morgan fingerprint density at radius 3 is 1.79 bits per heavy atom. The minimum absolute atomic E-state index is 0.0658. The molecule has 1 saturated carbocycles. The minimum Gasteiger partial charge on any atom is -0.462 e. The summed E-state index contributed by atoms with van der Waals surface area (Å²) in [6.45, 7) is 1.97. The van der Waals surface area contributed by atoms with E-state index >= 15 is 0 Å². The molecule has 0 atom stereocenters. The Kier molecular flexibility index (Phi) is 7.24. The number of nitrogens with zero attached hydrogens (tertiary/aromatic N) is 1. The first-order chi connectivity index (χ1) is 14.0. The quantitative estimate of drug-likeness (QED) is 0.255. The molecule has 2 aromatic carbocycles. The molecule has 3 nitrogen and oxygen atoms in total. The summed E-state index contributed by atoms with van der Waals surface area (Å²) in [6, 6.07) is 18.0. The molecule has 29 heavy (non-hydrogen) atoms. The van der Waals surface area contributed by atoms with E-state index in [-0.39, 0.29) is 12.2 Å². The van der Waals surface area contributed by atoms with Gasteiger partial charge in [0.15, 0.2) is 0 Å². The van der Waals surface area contributed by atoms with Gasteiger partial charge >= 0.3 is 5.97 Å². The molecule has 3 rings (SSSR count). The highest BCUT2D eigenvalue weighted by Gasteiger charge is 2.27. The molecule has 1 fully saturated rings. The Balaban J connectivity index is 2.12. The lowest BCUT2D eigenvalue weighted by Crippen LogP contribution is -2.09. The average molecular weight is 513 g/mol. The summed E-state index contributed by atoms with van der Waals surface area (Å²) in [6.07, 6.45) is 5.61. The molecule has 0 spiro atoms. The van der Waals surface area contributed by atoms with E-state index in [1.54, 1.807) is 6.92 Å². The Morgan fingerprint density at radius 1 is 0.966 bits per heavy atom. The van der Waals surface area contributed by atoms with Crippen LogP contribution < -0.4 is 0 Å². The summed E-state index contributed by atoms with van der Waals surface area (Å²) in [5, 5.41) is 9.75.